The molecule has 2 aromatic heterocycles. The van der Waals surface area contributed by atoms with Gasteiger partial charge in [0.2, 0.25) is 26.8 Å². The molecule has 2 heterocycles. The molecule has 11 heteroatoms. The van der Waals surface area contributed by atoms with Crippen LogP contribution in [0.25, 0.3) is 0 Å². The molecule has 0 radical (unpaired) electrons. The molecule has 5 rings (SSSR count). The molecule has 0 bridgehead atoms. The Labute approximate surface area is 186 Å². The highest BCUT2D eigenvalue weighted by Crippen LogP contribution is 2.39. The fraction of sp³-hybridized carbons (Fsp3) is 0.429. The molecule has 2 aliphatic rings. The summed E-state index contributed by atoms with van der Waals surface area (Å²) in [4.78, 5) is 17.5. The summed E-state index contributed by atoms with van der Waals surface area (Å²) in [6, 6.07) is 2.34. The van der Waals surface area contributed by atoms with Gasteiger partial charge in [0, 0.05) is 26.0 Å². The minimum atomic E-state index is -3.95. The second-order valence-corrected chi connectivity index (χ2v) is 10.4. The Morgan fingerprint density at radius 1 is 1.16 bits per heavy atom. The predicted octanol–water partition coefficient (Wildman–Crippen LogP) is 1.64. The lowest BCUT2D eigenvalue weighted by molar-refractivity contribution is -0.129. The van der Waals surface area contributed by atoms with Crippen molar-refractivity contribution in [2.24, 2.45) is 0 Å². The first kappa shape index (κ1) is 20.7. The Morgan fingerprint density at radius 3 is 2.50 bits per heavy atom. The summed E-state index contributed by atoms with van der Waals surface area (Å²) in [6.07, 6.45) is 8.95. The predicted molar refractivity (Wildman–Crippen MR) is 117 cm³/mol. The molecule has 1 amide bonds. The van der Waals surface area contributed by atoms with E-state index in [1.54, 1.807) is 14.1 Å². The smallest absolute Gasteiger partial charge is 0.249 e. The van der Waals surface area contributed by atoms with Crippen LogP contribution in [0.4, 0.5) is 11.6 Å². The summed E-state index contributed by atoms with van der Waals surface area (Å²) < 4.78 is 27.3. The zero-order chi connectivity index (χ0) is 22.5. The quantitative estimate of drug-likeness (QED) is 0.579. The molecule has 0 atom stereocenters. The first-order valence-corrected chi connectivity index (χ1v) is 12.1. The number of nitrogens with zero attached hydrogens (tertiary/aromatic N) is 5. The normalized spacial score (nSPS) is 14.9. The van der Waals surface area contributed by atoms with Crippen molar-refractivity contribution in [3.8, 4) is 0 Å². The van der Waals surface area contributed by atoms with Gasteiger partial charge in [-0.3, -0.25) is 9.48 Å². The lowest BCUT2D eigenvalue weighted by atomic mass is 9.99. The Balaban J connectivity index is 1.40. The van der Waals surface area contributed by atoms with Crippen molar-refractivity contribution in [3.63, 3.8) is 0 Å². The average Bonchev–Trinajstić information content (AvgIpc) is 3.54. The summed E-state index contributed by atoms with van der Waals surface area (Å²) in [7, 11) is -0.688. The van der Waals surface area contributed by atoms with Gasteiger partial charge in [-0.2, -0.15) is 10.1 Å². The van der Waals surface area contributed by atoms with Gasteiger partial charge in [0.25, 0.3) is 0 Å². The molecule has 0 unspecified atom stereocenters. The summed E-state index contributed by atoms with van der Waals surface area (Å²) in [5, 5.41) is 13.7. The number of H-pyrrole nitrogens is 1. The third kappa shape index (κ3) is 3.56. The van der Waals surface area contributed by atoms with E-state index in [0.717, 1.165) is 44.2 Å². The first-order chi connectivity index (χ1) is 15.3. The topological polar surface area (TPSA) is 126 Å². The number of carbonyl (C=O) groups excluding carboxylic acids is 1. The number of aromatic nitrogens is 5. The van der Waals surface area contributed by atoms with Gasteiger partial charge in [0.15, 0.2) is 0 Å². The number of hydrogen-bond donors (Lipinski definition) is 2. The number of carbonyl (C=O) groups is 1. The van der Waals surface area contributed by atoms with E-state index >= 15 is 0 Å². The van der Waals surface area contributed by atoms with E-state index in [-0.39, 0.29) is 28.5 Å². The third-order valence-electron chi connectivity index (χ3n) is 6.15. The number of rotatable bonds is 6. The van der Waals surface area contributed by atoms with Crippen LogP contribution in [0.15, 0.2) is 28.5 Å². The number of amides is 1. The van der Waals surface area contributed by atoms with Gasteiger partial charge >= 0.3 is 0 Å². The van der Waals surface area contributed by atoms with Gasteiger partial charge < -0.3 is 10.2 Å². The van der Waals surface area contributed by atoms with Crippen LogP contribution in [0.3, 0.4) is 0 Å². The summed E-state index contributed by atoms with van der Waals surface area (Å²) in [5.41, 5.74) is 6.39. The number of sulfone groups is 1. The summed E-state index contributed by atoms with van der Waals surface area (Å²) >= 11 is 0. The standard InChI is InChI=1S/C21H25N7O3S/c1-27(2)18(29)12-28-11-15(10-22-28)32(30,31)21-24-20(25-26-21)23-19-16-7-3-5-13(16)9-14-6-4-8-17(14)19/h9-11H,3-8,12H2,1-2H3,(H2,23,24,25,26). The van der Waals surface area contributed by atoms with E-state index in [0.29, 0.717) is 0 Å². The monoisotopic (exact) mass is 455 g/mol. The van der Waals surface area contributed by atoms with Gasteiger partial charge in [-0.15, -0.1) is 5.10 Å². The second-order valence-electron chi connectivity index (χ2n) is 8.49. The molecule has 168 valence electrons. The minimum Gasteiger partial charge on any atom is -0.347 e. The number of nitrogens with one attached hydrogen (secondary N) is 2. The molecule has 0 aliphatic heterocycles. The molecule has 32 heavy (non-hydrogen) atoms. The van der Waals surface area contributed by atoms with Crippen LogP contribution >= 0.6 is 0 Å². The van der Waals surface area contributed by atoms with E-state index in [1.807, 2.05) is 0 Å². The number of aromatic amines is 1. The largest absolute Gasteiger partial charge is 0.347 e. The molecular weight excluding hydrogens is 430 g/mol. The van der Waals surface area contributed by atoms with E-state index in [1.165, 1.54) is 44.2 Å². The molecule has 10 nitrogen and oxygen atoms in total. The van der Waals surface area contributed by atoms with Crippen molar-refractivity contribution in [1.29, 1.82) is 0 Å². The highest BCUT2D eigenvalue weighted by atomic mass is 32.2. The Bertz CT molecular complexity index is 1270. The highest BCUT2D eigenvalue weighted by Gasteiger charge is 2.27. The molecule has 2 aliphatic carbocycles. The van der Waals surface area contributed by atoms with Crippen molar-refractivity contribution < 1.29 is 13.2 Å². The van der Waals surface area contributed by atoms with Crippen LogP contribution in [0, 0.1) is 0 Å². The van der Waals surface area contributed by atoms with Crippen molar-refractivity contribution in [3.05, 3.63) is 40.7 Å². The lowest BCUT2D eigenvalue weighted by Gasteiger charge is -2.15. The molecule has 0 saturated carbocycles. The number of likely N-dealkylation sites (N-methyl/N-ethyl adjacent to an activating group) is 1. The van der Waals surface area contributed by atoms with Crippen LogP contribution < -0.4 is 5.32 Å². The fourth-order valence-electron chi connectivity index (χ4n) is 4.46. The fourth-order valence-corrected chi connectivity index (χ4v) is 5.51. The van der Waals surface area contributed by atoms with Crippen LogP contribution in [0.5, 0.6) is 0 Å². The number of fused-ring (bicyclic) bond motifs is 2. The van der Waals surface area contributed by atoms with E-state index in [9.17, 15) is 13.2 Å². The maximum atomic E-state index is 13.0. The van der Waals surface area contributed by atoms with Crippen molar-refractivity contribution in [2.45, 2.75) is 55.1 Å². The van der Waals surface area contributed by atoms with Gasteiger partial charge in [0.1, 0.15) is 11.4 Å². The number of aryl methyl sites for hydroxylation is 2. The third-order valence-corrected chi connectivity index (χ3v) is 7.67. The van der Waals surface area contributed by atoms with Crippen LogP contribution in [0.1, 0.15) is 35.1 Å². The zero-order valence-corrected chi connectivity index (χ0v) is 18.9. The number of hydrogen-bond acceptors (Lipinski definition) is 7. The van der Waals surface area contributed by atoms with E-state index in [2.05, 4.69) is 31.7 Å². The Morgan fingerprint density at radius 2 is 1.84 bits per heavy atom. The van der Waals surface area contributed by atoms with E-state index in [4.69, 9.17) is 0 Å². The van der Waals surface area contributed by atoms with Crippen LogP contribution in [0.2, 0.25) is 0 Å². The molecule has 2 N–H and O–H groups in total. The van der Waals surface area contributed by atoms with Crippen LogP contribution in [-0.2, 0) is 46.9 Å². The van der Waals surface area contributed by atoms with Crippen LogP contribution in [-0.4, -0.2) is 58.3 Å². The van der Waals surface area contributed by atoms with Gasteiger partial charge in [0.05, 0.1) is 6.20 Å². The first-order valence-electron chi connectivity index (χ1n) is 10.7. The summed E-state index contributed by atoms with van der Waals surface area (Å²) in [5.74, 6) is 0.0410. The number of benzene rings is 1. The van der Waals surface area contributed by atoms with Gasteiger partial charge in [-0.25, -0.2) is 13.5 Å². The van der Waals surface area contributed by atoms with Gasteiger partial charge in [-0.05, 0) is 60.8 Å². The molecule has 0 spiro atoms. The minimum absolute atomic E-state index is 0.0457. The molecule has 3 aromatic rings. The van der Waals surface area contributed by atoms with Gasteiger partial charge in [-0.1, -0.05) is 6.07 Å². The summed E-state index contributed by atoms with van der Waals surface area (Å²) in [6.45, 7) is -0.0457. The van der Waals surface area contributed by atoms with E-state index < -0.39 is 9.84 Å². The molecule has 0 saturated heterocycles. The molecular formula is C21H25N7O3S. The Hall–Kier alpha value is -3.21. The van der Waals surface area contributed by atoms with Crippen molar-refractivity contribution in [2.75, 3.05) is 19.4 Å². The maximum Gasteiger partial charge on any atom is 0.249 e. The van der Waals surface area contributed by atoms with Crippen molar-refractivity contribution in [1.82, 2.24) is 29.9 Å². The SMILES string of the molecule is CN(C)C(=O)Cn1cc(S(=O)(=O)c2nc(Nc3c4c(cc5c3CCC5)CCC4)n[nH]2)cn1. The zero-order valence-electron chi connectivity index (χ0n) is 18.1. The lowest BCUT2D eigenvalue weighted by Crippen LogP contribution is -2.26. The van der Waals surface area contributed by atoms with Crippen molar-refractivity contribution >= 4 is 27.4 Å². The second kappa shape index (κ2) is 7.73. The molecule has 0 fully saturated rings. The number of anilines is 2. The highest BCUT2D eigenvalue weighted by molar-refractivity contribution is 7.91. The maximum absolute atomic E-state index is 13.0. The average molecular weight is 456 g/mol. The Kier molecular flexibility index (Phi) is 5.00. The molecule has 1 aromatic carbocycles.